The zero-order valence-electron chi connectivity index (χ0n) is 11.3. The maximum absolute atomic E-state index is 4.72. The number of hydrogen-bond donors (Lipinski definition) is 1. The number of nitrogens with one attached hydrogen (secondary N) is 1. The molecule has 2 nitrogen and oxygen atoms in total. The Morgan fingerprint density at radius 1 is 1.32 bits per heavy atom. The molecule has 1 N–H and O–H groups in total. The molecule has 2 aromatic rings. The standard InChI is InChI=1S/C16H20N2S/c1-12-11-19-16(18-12)15-7-8-17-10-14(15)9-13-5-3-2-4-6-13/h2-6,11,14-15,17H,7-10H2,1H3. The van der Waals surface area contributed by atoms with E-state index in [9.17, 15) is 0 Å². The number of aryl methyl sites for hydroxylation is 1. The first-order valence-corrected chi connectivity index (χ1v) is 7.87. The first-order chi connectivity index (χ1) is 9.33. The van der Waals surface area contributed by atoms with Crippen molar-refractivity contribution in [2.75, 3.05) is 13.1 Å². The summed E-state index contributed by atoms with van der Waals surface area (Å²) in [6, 6.07) is 10.8. The number of benzene rings is 1. The molecule has 3 heteroatoms. The van der Waals surface area contributed by atoms with Gasteiger partial charge >= 0.3 is 0 Å². The van der Waals surface area contributed by atoms with Gasteiger partial charge in [0.25, 0.3) is 0 Å². The van der Waals surface area contributed by atoms with E-state index in [2.05, 4.69) is 48.0 Å². The average Bonchev–Trinajstić information content (AvgIpc) is 2.87. The van der Waals surface area contributed by atoms with E-state index in [1.54, 1.807) is 0 Å². The van der Waals surface area contributed by atoms with E-state index in [1.807, 2.05) is 11.3 Å². The average molecular weight is 272 g/mol. The summed E-state index contributed by atoms with van der Waals surface area (Å²) in [5.74, 6) is 1.29. The van der Waals surface area contributed by atoms with Crippen LogP contribution >= 0.6 is 11.3 Å². The number of rotatable bonds is 3. The summed E-state index contributed by atoms with van der Waals surface area (Å²) in [5, 5.41) is 7.05. The predicted octanol–water partition coefficient (Wildman–Crippen LogP) is 3.39. The second kappa shape index (κ2) is 5.85. The number of hydrogen-bond acceptors (Lipinski definition) is 3. The topological polar surface area (TPSA) is 24.9 Å². The van der Waals surface area contributed by atoms with Gasteiger partial charge in [0.2, 0.25) is 0 Å². The molecule has 19 heavy (non-hydrogen) atoms. The summed E-state index contributed by atoms with van der Waals surface area (Å²) in [6.45, 7) is 4.32. The van der Waals surface area contributed by atoms with Gasteiger partial charge in [0.05, 0.1) is 5.01 Å². The third-order valence-corrected chi connectivity index (χ3v) is 5.00. The lowest BCUT2D eigenvalue weighted by molar-refractivity contribution is 0.323. The summed E-state index contributed by atoms with van der Waals surface area (Å²) in [4.78, 5) is 4.72. The zero-order chi connectivity index (χ0) is 13.1. The van der Waals surface area contributed by atoms with Crippen LogP contribution in [-0.4, -0.2) is 18.1 Å². The first kappa shape index (κ1) is 12.8. The van der Waals surface area contributed by atoms with Crippen LogP contribution in [0, 0.1) is 12.8 Å². The number of thiazole rings is 1. The maximum atomic E-state index is 4.72. The SMILES string of the molecule is Cc1csc(C2CCNCC2Cc2ccccc2)n1. The van der Waals surface area contributed by atoms with Gasteiger partial charge in [-0.15, -0.1) is 11.3 Å². The summed E-state index contributed by atoms with van der Waals surface area (Å²) >= 11 is 1.83. The molecule has 1 saturated heterocycles. The van der Waals surface area contributed by atoms with E-state index in [0.717, 1.165) is 25.2 Å². The molecule has 0 radical (unpaired) electrons. The van der Waals surface area contributed by atoms with Crippen molar-refractivity contribution >= 4 is 11.3 Å². The Kier molecular flexibility index (Phi) is 3.95. The Balaban J connectivity index is 1.77. The molecule has 1 aromatic carbocycles. The fourth-order valence-electron chi connectivity index (χ4n) is 2.92. The molecule has 2 heterocycles. The van der Waals surface area contributed by atoms with Crippen LogP contribution in [0.5, 0.6) is 0 Å². The minimum atomic E-state index is 0.625. The van der Waals surface area contributed by atoms with Gasteiger partial charge in [-0.2, -0.15) is 0 Å². The highest BCUT2D eigenvalue weighted by atomic mass is 32.1. The molecule has 1 fully saturated rings. The van der Waals surface area contributed by atoms with E-state index in [4.69, 9.17) is 4.98 Å². The van der Waals surface area contributed by atoms with E-state index >= 15 is 0 Å². The molecule has 0 saturated carbocycles. The molecular formula is C16H20N2S. The highest BCUT2D eigenvalue weighted by molar-refractivity contribution is 7.09. The van der Waals surface area contributed by atoms with Crippen LogP contribution < -0.4 is 5.32 Å². The number of nitrogens with zero attached hydrogens (tertiary/aromatic N) is 1. The monoisotopic (exact) mass is 272 g/mol. The lowest BCUT2D eigenvalue weighted by Crippen LogP contribution is -2.36. The van der Waals surface area contributed by atoms with Gasteiger partial charge in [-0.05, 0) is 44.3 Å². The molecule has 0 spiro atoms. The molecule has 1 aromatic heterocycles. The minimum Gasteiger partial charge on any atom is -0.316 e. The van der Waals surface area contributed by atoms with Crippen LogP contribution in [0.4, 0.5) is 0 Å². The second-order valence-electron chi connectivity index (χ2n) is 5.38. The largest absolute Gasteiger partial charge is 0.316 e. The Morgan fingerprint density at radius 2 is 2.16 bits per heavy atom. The van der Waals surface area contributed by atoms with Crippen LogP contribution in [-0.2, 0) is 6.42 Å². The molecular weight excluding hydrogens is 252 g/mol. The molecule has 0 amide bonds. The van der Waals surface area contributed by atoms with Gasteiger partial charge in [-0.3, -0.25) is 0 Å². The lowest BCUT2D eigenvalue weighted by Gasteiger charge is -2.31. The third kappa shape index (κ3) is 3.04. The van der Waals surface area contributed by atoms with Crippen molar-refractivity contribution in [3.63, 3.8) is 0 Å². The Bertz CT molecular complexity index is 521. The van der Waals surface area contributed by atoms with Crippen LogP contribution in [0.3, 0.4) is 0 Å². The number of aromatic nitrogens is 1. The van der Waals surface area contributed by atoms with Crippen LogP contribution in [0.2, 0.25) is 0 Å². The third-order valence-electron chi connectivity index (χ3n) is 3.90. The molecule has 2 unspecified atom stereocenters. The predicted molar refractivity (Wildman–Crippen MR) is 80.7 cm³/mol. The fourth-order valence-corrected chi connectivity index (χ4v) is 3.95. The maximum Gasteiger partial charge on any atom is 0.0962 e. The van der Waals surface area contributed by atoms with Gasteiger partial charge in [-0.1, -0.05) is 30.3 Å². The van der Waals surface area contributed by atoms with Gasteiger partial charge in [0, 0.05) is 17.0 Å². The molecule has 0 aliphatic carbocycles. The van der Waals surface area contributed by atoms with E-state index < -0.39 is 0 Å². The smallest absolute Gasteiger partial charge is 0.0962 e. The molecule has 3 rings (SSSR count). The fraction of sp³-hybridized carbons (Fsp3) is 0.438. The summed E-state index contributed by atoms with van der Waals surface area (Å²) in [5.41, 5.74) is 2.60. The normalized spacial score (nSPS) is 23.4. The first-order valence-electron chi connectivity index (χ1n) is 6.99. The lowest BCUT2D eigenvalue weighted by atomic mass is 9.82. The molecule has 100 valence electrons. The Morgan fingerprint density at radius 3 is 2.89 bits per heavy atom. The summed E-state index contributed by atoms with van der Waals surface area (Å²) in [7, 11) is 0. The van der Waals surface area contributed by atoms with Crippen LogP contribution in [0.25, 0.3) is 0 Å². The van der Waals surface area contributed by atoms with Crippen LogP contribution in [0.15, 0.2) is 35.7 Å². The van der Waals surface area contributed by atoms with Gasteiger partial charge < -0.3 is 5.32 Å². The van der Waals surface area contributed by atoms with Crippen LogP contribution in [0.1, 0.15) is 28.6 Å². The van der Waals surface area contributed by atoms with Gasteiger partial charge in [0.15, 0.2) is 0 Å². The van der Waals surface area contributed by atoms with E-state index in [-0.39, 0.29) is 0 Å². The van der Waals surface area contributed by atoms with Crippen molar-refractivity contribution in [2.24, 2.45) is 5.92 Å². The van der Waals surface area contributed by atoms with Gasteiger partial charge in [0.1, 0.15) is 0 Å². The van der Waals surface area contributed by atoms with Crippen molar-refractivity contribution in [1.29, 1.82) is 0 Å². The minimum absolute atomic E-state index is 0.625. The summed E-state index contributed by atoms with van der Waals surface area (Å²) < 4.78 is 0. The van der Waals surface area contributed by atoms with Gasteiger partial charge in [-0.25, -0.2) is 4.98 Å². The van der Waals surface area contributed by atoms with Crippen molar-refractivity contribution in [2.45, 2.75) is 25.7 Å². The van der Waals surface area contributed by atoms with Crippen molar-refractivity contribution in [3.8, 4) is 0 Å². The van der Waals surface area contributed by atoms with Crippen molar-refractivity contribution in [3.05, 3.63) is 52.0 Å². The molecule has 1 aliphatic heterocycles. The van der Waals surface area contributed by atoms with Crippen molar-refractivity contribution in [1.82, 2.24) is 10.3 Å². The second-order valence-corrected chi connectivity index (χ2v) is 6.27. The highest BCUT2D eigenvalue weighted by Gasteiger charge is 2.28. The quantitative estimate of drug-likeness (QED) is 0.926. The number of piperidine rings is 1. The van der Waals surface area contributed by atoms with E-state index in [0.29, 0.717) is 11.8 Å². The Hall–Kier alpha value is -1.19. The van der Waals surface area contributed by atoms with Crippen molar-refractivity contribution < 1.29 is 0 Å². The molecule has 2 atom stereocenters. The molecule has 0 bridgehead atoms. The van der Waals surface area contributed by atoms with E-state index in [1.165, 1.54) is 17.0 Å². The highest BCUT2D eigenvalue weighted by Crippen LogP contribution is 2.34. The molecule has 1 aliphatic rings. The zero-order valence-corrected chi connectivity index (χ0v) is 12.1. The Labute approximate surface area is 118 Å². The summed E-state index contributed by atoms with van der Waals surface area (Å²) in [6.07, 6.45) is 2.36.